The van der Waals surface area contributed by atoms with E-state index >= 15 is 0 Å². The Morgan fingerprint density at radius 1 is 0.955 bits per heavy atom. The molecule has 0 spiro atoms. The zero-order chi connectivity index (χ0) is 16.6. The van der Waals surface area contributed by atoms with Crippen LogP contribution in [0.4, 0.5) is 0 Å². The van der Waals surface area contributed by atoms with E-state index in [-0.39, 0.29) is 9.76 Å². The van der Waals surface area contributed by atoms with Crippen LogP contribution < -0.4 is 0 Å². The quantitative estimate of drug-likeness (QED) is 0.566. The molecule has 0 radical (unpaired) electrons. The van der Waals surface area contributed by atoms with Gasteiger partial charge in [-0.3, -0.25) is 0 Å². The smallest absolute Gasteiger partial charge is 0.162 e. The number of nitrogens with zero attached hydrogens (tertiary/aromatic N) is 2. The van der Waals surface area contributed by atoms with Crippen LogP contribution in [0.5, 0.6) is 0 Å². The Kier molecular flexibility index (Phi) is 9.47. The summed E-state index contributed by atoms with van der Waals surface area (Å²) in [5.74, 6) is 0.808. The molecule has 1 unspecified atom stereocenters. The van der Waals surface area contributed by atoms with Gasteiger partial charge in [0, 0.05) is 38.8 Å². The molecule has 1 aliphatic rings. The number of hydrogen-bond acceptors (Lipinski definition) is 3. The Hall–Kier alpha value is 0.314. The molecule has 3 nitrogen and oxygen atoms in total. The van der Waals surface area contributed by atoms with Gasteiger partial charge in [0.15, 0.2) is 9.76 Å². The van der Waals surface area contributed by atoms with Gasteiger partial charge in [-0.1, -0.05) is 27.7 Å². The van der Waals surface area contributed by atoms with Crippen LogP contribution in [0.2, 0.25) is 24.2 Å². The lowest BCUT2D eigenvalue weighted by molar-refractivity contribution is 0.164. The van der Waals surface area contributed by atoms with Crippen molar-refractivity contribution < 1.29 is 4.43 Å². The summed E-state index contributed by atoms with van der Waals surface area (Å²) in [6, 6.07) is 5.60. The van der Waals surface area contributed by atoms with Gasteiger partial charge in [-0.2, -0.15) is 0 Å². The zero-order valence-corrected chi connectivity index (χ0v) is 18.4. The molecule has 0 saturated carbocycles. The van der Waals surface area contributed by atoms with Crippen LogP contribution in [0, 0.1) is 5.92 Å². The van der Waals surface area contributed by atoms with E-state index in [1.165, 1.54) is 56.9 Å². The molecule has 1 atom stereocenters. The SMILES string of the molecule is CC[Si](CC)(CC)N1CCN(CC(C)C[SiH2]OC(C)C)CC1. The van der Waals surface area contributed by atoms with Gasteiger partial charge >= 0.3 is 0 Å². The summed E-state index contributed by atoms with van der Waals surface area (Å²) in [5.41, 5.74) is 0. The fourth-order valence-corrected chi connectivity index (χ4v) is 9.05. The standard InChI is InChI=1S/C17H40N2OSi2/c1-7-22(8-2,9-3)19-12-10-18(11-13-19)14-17(6)15-21-20-16(4)5/h16-17H,7-15,21H2,1-6H3. The average molecular weight is 345 g/mol. The highest BCUT2D eigenvalue weighted by Crippen LogP contribution is 2.26. The molecule has 0 amide bonds. The van der Waals surface area contributed by atoms with E-state index in [0.29, 0.717) is 6.10 Å². The molecule has 1 saturated heterocycles. The van der Waals surface area contributed by atoms with Crippen LogP contribution in [0.25, 0.3) is 0 Å². The van der Waals surface area contributed by atoms with E-state index in [1.54, 1.807) is 0 Å². The van der Waals surface area contributed by atoms with Crippen LogP contribution in [0.15, 0.2) is 0 Å². The summed E-state index contributed by atoms with van der Waals surface area (Å²) in [6.45, 7) is 20.5. The summed E-state index contributed by atoms with van der Waals surface area (Å²) in [5, 5.41) is 0. The molecular weight excluding hydrogens is 304 g/mol. The molecule has 1 rings (SSSR count). The van der Waals surface area contributed by atoms with Crippen molar-refractivity contribution in [3.05, 3.63) is 0 Å². The average Bonchev–Trinajstić information content (AvgIpc) is 2.50. The van der Waals surface area contributed by atoms with Crippen LogP contribution in [-0.2, 0) is 4.43 Å². The van der Waals surface area contributed by atoms with Gasteiger partial charge in [0.1, 0.15) is 8.24 Å². The second-order valence-corrected chi connectivity index (χ2v) is 13.9. The molecule has 22 heavy (non-hydrogen) atoms. The fourth-order valence-electron chi connectivity index (χ4n) is 3.86. The van der Waals surface area contributed by atoms with Crippen LogP contribution >= 0.6 is 0 Å². The summed E-state index contributed by atoms with van der Waals surface area (Å²) in [4.78, 5) is 2.70. The first-order valence-electron chi connectivity index (χ1n) is 9.56. The Labute approximate surface area is 142 Å². The Morgan fingerprint density at radius 3 is 1.95 bits per heavy atom. The fraction of sp³-hybridized carbons (Fsp3) is 1.00. The maximum atomic E-state index is 5.82. The Bertz CT molecular complexity index is 282. The van der Waals surface area contributed by atoms with Gasteiger partial charge in [0.25, 0.3) is 0 Å². The van der Waals surface area contributed by atoms with Crippen molar-refractivity contribution in [1.82, 2.24) is 9.47 Å². The highest BCUT2D eigenvalue weighted by atomic mass is 28.3. The van der Waals surface area contributed by atoms with E-state index in [2.05, 4.69) is 51.0 Å². The first kappa shape index (κ1) is 20.4. The molecule has 0 aromatic heterocycles. The van der Waals surface area contributed by atoms with Crippen molar-refractivity contribution in [1.29, 1.82) is 0 Å². The molecule has 0 aliphatic carbocycles. The van der Waals surface area contributed by atoms with Crippen molar-refractivity contribution in [2.45, 2.75) is 71.8 Å². The lowest BCUT2D eigenvalue weighted by atomic mass is 10.2. The van der Waals surface area contributed by atoms with E-state index in [0.717, 1.165) is 5.92 Å². The number of rotatable bonds is 10. The zero-order valence-electron chi connectivity index (χ0n) is 16.0. The molecule has 0 aromatic rings. The van der Waals surface area contributed by atoms with Gasteiger partial charge in [-0.05, 0) is 43.9 Å². The highest BCUT2D eigenvalue weighted by molar-refractivity contribution is 6.77. The third-order valence-electron chi connectivity index (χ3n) is 5.65. The van der Waals surface area contributed by atoms with E-state index in [4.69, 9.17) is 4.43 Å². The molecule has 0 bridgehead atoms. The first-order chi connectivity index (χ1) is 10.5. The summed E-state index contributed by atoms with van der Waals surface area (Å²) >= 11 is 0. The monoisotopic (exact) mass is 344 g/mol. The lowest BCUT2D eigenvalue weighted by Gasteiger charge is -2.46. The minimum absolute atomic E-state index is 0.304. The van der Waals surface area contributed by atoms with E-state index in [1.807, 2.05) is 0 Å². The molecule has 5 heteroatoms. The van der Waals surface area contributed by atoms with Crippen molar-refractivity contribution in [3.8, 4) is 0 Å². The summed E-state index contributed by atoms with van der Waals surface area (Å²) < 4.78 is 8.73. The van der Waals surface area contributed by atoms with Gasteiger partial charge < -0.3 is 13.9 Å². The van der Waals surface area contributed by atoms with Crippen molar-refractivity contribution in [2.24, 2.45) is 5.92 Å². The topological polar surface area (TPSA) is 15.7 Å². The number of piperazine rings is 1. The largest absolute Gasteiger partial charge is 0.422 e. The predicted molar refractivity (Wildman–Crippen MR) is 104 cm³/mol. The maximum absolute atomic E-state index is 5.82. The Balaban J connectivity index is 2.33. The molecular formula is C17H40N2OSi2. The van der Waals surface area contributed by atoms with E-state index < -0.39 is 8.24 Å². The second-order valence-electron chi connectivity index (χ2n) is 7.39. The molecule has 1 aliphatic heterocycles. The van der Waals surface area contributed by atoms with Gasteiger partial charge in [-0.15, -0.1) is 0 Å². The molecule has 0 aromatic carbocycles. The minimum Gasteiger partial charge on any atom is -0.422 e. The number of hydrogen-bond donors (Lipinski definition) is 0. The lowest BCUT2D eigenvalue weighted by Crippen LogP contribution is -2.59. The third-order valence-corrected chi connectivity index (χ3v) is 13.5. The summed E-state index contributed by atoms with van der Waals surface area (Å²) in [6.07, 6.45) is 0.428. The minimum atomic E-state index is -1.13. The van der Waals surface area contributed by atoms with Gasteiger partial charge in [-0.25, -0.2) is 0 Å². The van der Waals surface area contributed by atoms with Gasteiger partial charge in [0.05, 0.1) is 0 Å². The van der Waals surface area contributed by atoms with E-state index in [9.17, 15) is 0 Å². The summed E-state index contributed by atoms with van der Waals surface area (Å²) in [7, 11) is -1.43. The Morgan fingerprint density at radius 2 is 1.50 bits per heavy atom. The van der Waals surface area contributed by atoms with Crippen molar-refractivity contribution in [3.63, 3.8) is 0 Å². The van der Waals surface area contributed by atoms with Gasteiger partial charge in [0.2, 0.25) is 0 Å². The third kappa shape index (κ3) is 6.08. The molecule has 0 N–H and O–H groups in total. The first-order valence-corrected chi connectivity index (χ1v) is 13.7. The normalized spacial score (nSPS) is 20.3. The van der Waals surface area contributed by atoms with Crippen molar-refractivity contribution in [2.75, 3.05) is 32.7 Å². The highest BCUT2D eigenvalue weighted by Gasteiger charge is 2.36. The van der Waals surface area contributed by atoms with Crippen LogP contribution in [-0.4, -0.2) is 66.3 Å². The molecule has 1 heterocycles. The second kappa shape index (κ2) is 10.2. The molecule has 132 valence electrons. The van der Waals surface area contributed by atoms with Crippen LogP contribution in [0.3, 0.4) is 0 Å². The van der Waals surface area contributed by atoms with Crippen LogP contribution in [0.1, 0.15) is 41.5 Å². The maximum Gasteiger partial charge on any atom is 0.162 e. The molecule has 1 fully saturated rings. The van der Waals surface area contributed by atoms with Crippen molar-refractivity contribution >= 4 is 18.0 Å². The predicted octanol–water partition coefficient (Wildman–Crippen LogP) is 3.17.